The molecule has 1 N–H and O–H groups in total. The van der Waals surface area contributed by atoms with Gasteiger partial charge in [0.1, 0.15) is 22.9 Å². The second kappa shape index (κ2) is 8.81. The molecular formula is C22H18FNO4. The standard InChI is InChI=1S/C22H18FNO4/c1-15(21(25)24-17-13-11-16(23)12-14-17)27-22(26)19-9-5-6-10-20(19)28-18-7-3-2-4-8-18/h2-15H,1H3,(H,24,25)/t15-/m0/s1. The lowest BCUT2D eigenvalue weighted by Gasteiger charge is -2.15. The third-order valence-electron chi connectivity index (χ3n) is 3.84. The average molecular weight is 379 g/mol. The largest absolute Gasteiger partial charge is 0.456 e. The van der Waals surface area contributed by atoms with Crippen molar-refractivity contribution in [2.24, 2.45) is 0 Å². The zero-order valence-corrected chi connectivity index (χ0v) is 15.1. The number of carbonyl (C=O) groups is 2. The molecule has 0 saturated carbocycles. The Hall–Kier alpha value is -3.67. The summed E-state index contributed by atoms with van der Waals surface area (Å²) in [4.78, 5) is 24.8. The van der Waals surface area contributed by atoms with E-state index in [4.69, 9.17) is 9.47 Å². The van der Waals surface area contributed by atoms with E-state index in [2.05, 4.69) is 5.32 Å². The molecule has 3 rings (SSSR count). The molecule has 142 valence electrons. The van der Waals surface area contributed by atoms with E-state index in [9.17, 15) is 14.0 Å². The first-order valence-electron chi connectivity index (χ1n) is 8.62. The molecule has 0 aliphatic carbocycles. The lowest BCUT2D eigenvalue weighted by molar-refractivity contribution is -0.123. The lowest BCUT2D eigenvalue weighted by atomic mass is 10.2. The molecule has 0 aliphatic heterocycles. The molecule has 0 saturated heterocycles. The van der Waals surface area contributed by atoms with Crippen molar-refractivity contribution in [1.82, 2.24) is 0 Å². The number of esters is 1. The number of carbonyl (C=O) groups excluding carboxylic acids is 2. The number of nitrogens with one attached hydrogen (secondary N) is 1. The number of hydrogen-bond acceptors (Lipinski definition) is 4. The van der Waals surface area contributed by atoms with Gasteiger partial charge in [0.2, 0.25) is 0 Å². The number of ether oxygens (including phenoxy) is 2. The Bertz CT molecular complexity index is 958. The Kier molecular flexibility index (Phi) is 6.01. The van der Waals surface area contributed by atoms with Crippen LogP contribution < -0.4 is 10.1 Å². The van der Waals surface area contributed by atoms with Crippen LogP contribution in [0.15, 0.2) is 78.9 Å². The highest BCUT2D eigenvalue weighted by Crippen LogP contribution is 2.26. The van der Waals surface area contributed by atoms with Crippen molar-refractivity contribution in [2.45, 2.75) is 13.0 Å². The Labute approximate surface area is 161 Å². The Morgan fingerprint density at radius 2 is 1.54 bits per heavy atom. The van der Waals surface area contributed by atoms with Gasteiger partial charge in [-0.25, -0.2) is 9.18 Å². The third kappa shape index (κ3) is 4.94. The van der Waals surface area contributed by atoms with Gasteiger partial charge in [-0.05, 0) is 55.5 Å². The van der Waals surface area contributed by atoms with Crippen molar-refractivity contribution >= 4 is 17.6 Å². The van der Waals surface area contributed by atoms with Gasteiger partial charge >= 0.3 is 5.97 Å². The van der Waals surface area contributed by atoms with Gasteiger partial charge in [0.25, 0.3) is 5.91 Å². The molecule has 0 aromatic heterocycles. The van der Waals surface area contributed by atoms with Gasteiger partial charge in [-0.3, -0.25) is 4.79 Å². The predicted octanol–water partition coefficient (Wildman–Crippen LogP) is 4.80. The molecule has 1 atom stereocenters. The minimum atomic E-state index is -1.05. The number of rotatable bonds is 6. The molecule has 3 aromatic rings. The van der Waals surface area contributed by atoms with Gasteiger partial charge in [0, 0.05) is 5.69 Å². The molecule has 0 fully saturated rings. The van der Waals surface area contributed by atoms with Gasteiger partial charge in [0.05, 0.1) is 0 Å². The molecule has 1 amide bonds. The number of benzene rings is 3. The second-order valence-corrected chi connectivity index (χ2v) is 5.95. The van der Waals surface area contributed by atoms with Crippen molar-refractivity contribution in [3.63, 3.8) is 0 Å². The fourth-order valence-corrected chi connectivity index (χ4v) is 2.39. The first-order valence-corrected chi connectivity index (χ1v) is 8.62. The van der Waals surface area contributed by atoms with Crippen LogP contribution >= 0.6 is 0 Å². The lowest BCUT2D eigenvalue weighted by Crippen LogP contribution is -2.30. The molecule has 0 bridgehead atoms. The Morgan fingerprint density at radius 3 is 2.25 bits per heavy atom. The average Bonchev–Trinajstić information content (AvgIpc) is 2.70. The fraction of sp³-hybridized carbons (Fsp3) is 0.0909. The zero-order valence-electron chi connectivity index (χ0n) is 15.1. The van der Waals surface area contributed by atoms with Crippen molar-refractivity contribution in [2.75, 3.05) is 5.32 Å². The summed E-state index contributed by atoms with van der Waals surface area (Å²) in [7, 11) is 0. The van der Waals surface area contributed by atoms with Crippen LogP contribution in [0, 0.1) is 5.82 Å². The molecule has 0 unspecified atom stereocenters. The van der Waals surface area contributed by atoms with Crippen LogP contribution in [-0.2, 0) is 9.53 Å². The number of halogens is 1. The van der Waals surface area contributed by atoms with Crippen LogP contribution in [0.5, 0.6) is 11.5 Å². The van der Waals surface area contributed by atoms with Crippen LogP contribution in [0.4, 0.5) is 10.1 Å². The summed E-state index contributed by atoms with van der Waals surface area (Å²) in [6.07, 6.45) is -1.05. The smallest absolute Gasteiger partial charge is 0.342 e. The number of hydrogen-bond donors (Lipinski definition) is 1. The van der Waals surface area contributed by atoms with Gasteiger partial charge < -0.3 is 14.8 Å². The van der Waals surface area contributed by atoms with E-state index in [0.29, 0.717) is 17.2 Å². The van der Waals surface area contributed by atoms with Gasteiger partial charge in [0.15, 0.2) is 6.10 Å². The van der Waals surface area contributed by atoms with Gasteiger partial charge in [-0.1, -0.05) is 30.3 Å². The maximum atomic E-state index is 12.9. The zero-order chi connectivity index (χ0) is 19.9. The molecule has 6 heteroatoms. The van der Waals surface area contributed by atoms with Crippen LogP contribution in [0.1, 0.15) is 17.3 Å². The summed E-state index contributed by atoms with van der Waals surface area (Å²) in [5, 5.41) is 2.57. The summed E-state index contributed by atoms with van der Waals surface area (Å²) in [5.74, 6) is -0.725. The normalized spacial score (nSPS) is 11.4. The van der Waals surface area contributed by atoms with E-state index < -0.39 is 23.8 Å². The fourth-order valence-electron chi connectivity index (χ4n) is 2.39. The van der Waals surface area contributed by atoms with Crippen molar-refractivity contribution in [3.05, 3.63) is 90.2 Å². The molecule has 0 heterocycles. The summed E-state index contributed by atoms with van der Waals surface area (Å²) in [6.45, 7) is 1.46. The summed E-state index contributed by atoms with van der Waals surface area (Å²) in [6, 6.07) is 20.9. The SMILES string of the molecule is C[C@H](OC(=O)c1ccccc1Oc1ccccc1)C(=O)Nc1ccc(F)cc1. The number of anilines is 1. The van der Waals surface area contributed by atoms with Crippen molar-refractivity contribution in [1.29, 1.82) is 0 Å². The molecule has 0 spiro atoms. The van der Waals surface area contributed by atoms with Gasteiger partial charge in [-0.15, -0.1) is 0 Å². The predicted molar refractivity (Wildman–Crippen MR) is 103 cm³/mol. The van der Waals surface area contributed by atoms with E-state index in [1.807, 2.05) is 18.2 Å². The maximum Gasteiger partial charge on any atom is 0.342 e. The highest BCUT2D eigenvalue weighted by molar-refractivity contribution is 5.98. The topological polar surface area (TPSA) is 64.6 Å². The van der Waals surface area contributed by atoms with E-state index in [1.165, 1.54) is 31.2 Å². The summed E-state index contributed by atoms with van der Waals surface area (Å²) in [5.41, 5.74) is 0.606. The van der Waals surface area contributed by atoms with E-state index in [-0.39, 0.29) is 5.56 Å². The maximum absolute atomic E-state index is 12.9. The minimum Gasteiger partial charge on any atom is -0.456 e. The Balaban J connectivity index is 1.67. The van der Waals surface area contributed by atoms with E-state index in [0.717, 1.165) is 0 Å². The van der Waals surface area contributed by atoms with Crippen LogP contribution in [0.2, 0.25) is 0 Å². The van der Waals surface area contributed by atoms with E-state index in [1.54, 1.807) is 36.4 Å². The minimum absolute atomic E-state index is 0.202. The molecular weight excluding hydrogens is 361 g/mol. The van der Waals surface area contributed by atoms with Crippen molar-refractivity contribution in [3.8, 4) is 11.5 Å². The van der Waals surface area contributed by atoms with Crippen molar-refractivity contribution < 1.29 is 23.5 Å². The van der Waals surface area contributed by atoms with Crippen LogP contribution in [0.25, 0.3) is 0 Å². The summed E-state index contributed by atoms with van der Waals surface area (Å²) < 4.78 is 24.0. The quantitative estimate of drug-likeness (QED) is 0.625. The van der Waals surface area contributed by atoms with Crippen LogP contribution in [0.3, 0.4) is 0 Å². The van der Waals surface area contributed by atoms with E-state index >= 15 is 0 Å². The van der Waals surface area contributed by atoms with Crippen LogP contribution in [-0.4, -0.2) is 18.0 Å². The number of amides is 1. The highest BCUT2D eigenvalue weighted by Gasteiger charge is 2.21. The molecule has 28 heavy (non-hydrogen) atoms. The van der Waals surface area contributed by atoms with Gasteiger partial charge in [-0.2, -0.15) is 0 Å². The summed E-state index contributed by atoms with van der Waals surface area (Å²) >= 11 is 0. The number of para-hydroxylation sites is 2. The monoisotopic (exact) mass is 379 g/mol. The highest BCUT2D eigenvalue weighted by atomic mass is 19.1. The first kappa shape index (κ1) is 19.1. The third-order valence-corrected chi connectivity index (χ3v) is 3.84. The molecule has 0 radical (unpaired) electrons. The second-order valence-electron chi connectivity index (χ2n) is 5.95. The first-order chi connectivity index (χ1) is 13.5. The molecule has 5 nitrogen and oxygen atoms in total. The molecule has 0 aliphatic rings. The Morgan fingerprint density at radius 1 is 0.893 bits per heavy atom. The molecule has 3 aromatic carbocycles.